The number of aromatic nitrogens is 4. The molecule has 0 fully saturated rings. The second-order valence-corrected chi connectivity index (χ2v) is 5.76. The second kappa shape index (κ2) is 5.13. The van der Waals surface area contributed by atoms with Crippen molar-refractivity contribution in [1.29, 1.82) is 0 Å². The van der Waals surface area contributed by atoms with Crippen LogP contribution in [0.2, 0.25) is 0 Å². The molecule has 7 nitrogen and oxygen atoms in total. The van der Waals surface area contributed by atoms with Gasteiger partial charge < -0.3 is 10.1 Å². The largest absolute Gasteiger partial charge is 0.857 e. The fourth-order valence-corrected chi connectivity index (χ4v) is 3.07. The van der Waals surface area contributed by atoms with Crippen molar-refractivity contribution in [2.45, 2.75) is 20.4 Å². The summed E-state index contributed by atoms with van der Waals surface area (Å²) >= 11 is 3.40. The van der Waals surface area contributed by atoms with Crippen LogP contribution < -0.4 is 20.9 Å². The third-order valence-electron chi connectivity index (χ3n) is 3.61. The van der Waals surface area contributed by atoms with Crippen LogP contribution in [-0.2, 0) is 6.54 Å². The normalized spacial score (nSPS) is 11.2. The highest BCUT2D eigenvalue weighted by molar-refractivity contribution is 9.10. The molecule has 0 aliphatic heterocycles. The molecule has 0 amide bonds. The van der Waals surface area contributed by atoms with Gasteiger partial charge in [-0.15, -0.1) is 0 Å². The third kappa shape index (κ3) is 2.07. The van der Waals surface area contributed by atoms with Crippen LogP contribution in [0.25, 0.3) is 16.7 Å². The van der Waals surface area contributed by atoms with Crippen molar-refractivity contribution in [2.75, 3.05) is 0 Å². The van der Waals surface area contributed by atoms with E-state index in [1.807, 2.05) is 36.6 Å². The van der Waals surface area contributed by atoms with E-state index in [0.717, 1.165) is 15.8 Å². The van der Waals surface area contributed by atoms with Crippen LogP contribution in [0.5, 0.6) is 5.88 Å². The van der Waals surface area contributed by atoms with E-state index in [4.69, 9.17) is 0 Å². The Bertz CT molecular complexity index is 1000. The number of nitrogens with one attached hydrogen (secondary N) is 2. The van der Waals surface area contributed by atoms with Gasteiger partial charge in [-0.25, -0.2) is 9.36 Å². The zero-order chi connectivity index (χ0) is 16.0. The minimum absolute atomic E-state index is 0.118. The maximum atomic E-state index is 12.1. The summed E-state index contributed by atoms with van der Waals surface area (Å²) in [5.74, 6) is 0.0160. The van der Waals surface area contributed by atoms with Gasteiger partial charge in [-0.05, 0) is 19.1 Å². The Hall–Kier alpha value is -2.35. The van der Waals surface area contributed by atoms with Crippen LogP contribution in [-0.4, -0.2) is 14.5 Å². The molecule has 2 heterocycles. The van der Waals surface area contributed by atoms with Crippen molar-refractivity contribution >= 4 is 27.0 Å². The first-order chi connectivity index (χ1) is 10.4. The van der Waals surface area contributed by atoms with E-state index in [0.29, 0.717) is 12.1 Å². The molecule has 0 saturated carbocycles. The number of rotatable bonds is 2. The number of hydrogen-bond acceptors (Lipinski definition) is 3. The van der Waals surface area contributed by atoms with E-state index < -0.39 is 17.1 Å². The molecule has 0 saturated heterocycles. The number of hydrogen-bond donors (Lipinski definition) is 2. The first kappa shape index (κ1) is 14.6. The minimum atomic E-state index is -0.808. The zero-order valence-corrected chi connectivity index (χ0v) is 13.5. The smallest absolute Gasteiger partial charge is 0.325 e. The Labute approximate surface area is 133 Å². The maximum Gasteiger partial charge on any atom is 0.325 e. The molecule has 0 aliphatic rings. The topological polar surface area (TPSA) is 97.6 Å². The fraction of sp³-hybridized carbons (Fsp3) is 0.214. The summed E-state index contributed by atoms with van der Waals surface area (Å²) in [4.78, 5) is 27.6. The summed E-state index contributed by atoms with van der Waals surface area (Å²) in [6.45, 7) is 4.49. The lowest BCUT2D eigenvalue weighted by Gasteiger charge is -2.09. The van der Waals surface area contributed by atoms with E-state index in [9.17, 15) is 14.7 Å². The minimum Gasteiger partial charge on any atom is -0.857 e. The number of aromatic amines is 2. The van der Waals surface area contributed by atoms with Gasteiger partial charge in [0, 0.05) is 23.3 Å². The molecule has 3 rings (SSSR count). The van der Waals surface area contributed by atoms with Gasteiger partial charge in [0.15, 0.2) is 11.0 Å². The van der Waals surface area contributed by atoms with Gasteiger partial charge in [-0.1, -0.05) is 15.9 Å². The van der Waals surface area contributed by atoms with E-state index in [1.54, 1.807) is 4.57 Å². The van der Waals surface area contributed by atoms with Gasteiger partial charge in [0.25, 0.3) is 5.82 Å². The van der Waals surface area contributed by atoms with Gasteiger partial charge in [-0.3, -0.25) is 9.78 Å². The lowest BCUT2D eigenvalue weighted by atomic mass is 10.3. The first-order valence-corrected chi connectivity index (χ1v) is 7.47. The van der Waals surface area contributed by atoms with E-state index in [1.165, 1.54) is 0 Å². The lowest BCUT2D eigenvalue weighted by Crippen LogP contribution is -2.36. The van der Waals surface area contributed by atoms with Crippen LogP contribution in [0, 0.1) is 6.92 Å². The Balaban J connectivity index is 2.52. The van der Waals surface area contributed by atoms with Crippen molar-refractivity contribution < 1.29 is 9.67 Å². The first-order valence-electron chi connectivity index (χ1n) is 6.68. The van der Waals surface area contributed by atoms with Crippen LogP contribution in [0.3, 0.4) is 0 Å². The van der Waals surface area contributed by atoms with Crippen LogP contribution >= 0.6 is 15.9 Å². The highest BCUT2D eigenvalue weighted by Gasteiger charge is 2.25. The predicted molar refractivity (Wildman–Crippen MR) is 82.3 cm³/mol. The number of nitrogens with zero attached hydrogens (tertiary/aromatic N) is 2. The van der Waals surface area contributed by atoms with Crippen LogP contribution in [0.4, 0.5) is 0 Å². The number of halogens is 1. The molecule has 3 aromatic rings. The van der Waals surface area contributed by atoms with E-state index in [-0.39, 0.29) is 5.69 Å². The molecule has 0 unspecified atom stereocenters. The molecule has 22 heavy (non-hydrogen) atoms. The number of aryl methyl sites for hydroxylation is 1. The predicted octanol–water partition coefficient (Wildman–Crippen LogP) is 0.459. The molecule has 0 radical (unpaired) electrons. The van der Waals surface area contributed by atoms with Crippen molar-refractivity contribution in [2.24, 2.45) is 0 Å². The summed E-state index contributed by atoms with van der Waals surface area (Å²) < 4.78 is 4.39. The van der Waals surface area contributed by atoms with E-state index >= 15 is 0 Å². The highest BCUT2D eigenvalue weighted by atomic mass is 79.9. The SMILES string of the molecule is CC[n+]1c(C)n(-c2c([O-])[nH]c(=O)[nH]c2=O)c2cc(Br)ccc21. The summed E-state index contributed by atoms with van der Waals surface area (Å²) in [7, 11) is 0. The average Bonchev–Trinajstić information content (AvgIpc) is 2.70. The van der Waals surface area contributed by atoms with Gasteiger partial charge in [0.1, 0.15) is 0 Å². The molecule has 0 aliphatic carbocycles. The zero-order valence-electron chi connectivity index (χ0n) is 11.9. The molecular weight excluding hydrogens is 352 g/mol. The number of benzene rings is 1. The molecule has 0 bridgehead atoms. The second-order valence-electron chi connectivity index (χ2n) is 4.85. The number of fused-ring (bicyclic) bond motifs is 1. The van der Waals surface area contributed by atoms with Gasteiger partial charge in [-0.2, -0.15) is 4.57 Å². The lowest BCUT2D eigenvalue weighted by molar-refractivity contribution is -0.674. The summed E-state index contributed by atoms with van der Waals surface area (Å²) in [6.07, 6.45) is 0. The molecule has 2 N–H and O–H groups in total. The number of H-pyrrole nitrogens is 2. The maximum absolute atomic E-state index is 12.1. The fourth-order valence-electron chi connectivity index (χ4n) is 2.72. The summed E-state index contributed by atoms with van der Waals surface area (Å²) in [6, 6.07) is 5.64. The summed E-state index contributed by atoms with van der Waals surface area (Å²) in [5.41, 5.74) is -0.0293. The molecule has 1 aromatic carbocycles. The number of imidazole rings is 1. The van der Waals surface area contributed by atoms with Crippen molar-refractivity contribution in [3.05, 3.63) is 49.3 Å². The summed E-state index contributed by atoms with van der Waals surface area (Å²) in [5, 5.41) is 12.1. The third-order valence-corrected chi connectivity index (χ3v) is 4.10. The van der Waals surface area contributed by atoms with Crippen molar-refractivity contribution in [1.82, 2.24) is 14.5 Å². The van der Waals surface area contributed by atoms with Gasteiger partial charge in [0.2, 0.25) is 5.69 Å². The standard InChI is InChI=1S/C14H13BrN4O3/c1-3-18-7(2)19(10-6-8(15)4-5-9(10)18)11-12(20)16-14(22)17-13(11)21/h4-6H,3H2,1-2H3,(H2-,16,17,20,21,22). The van der Waals surface area contributed by atoms with Crippen LogP contribution in [0.15, 0.2) is 32.3 Å². The Kier molecular flexibility index (Phi) is 3.40. The van der Waals surface area contributed by atoms with Gasteiger partial charge >= 0.3 is 11.2 Å². The average molecular weight is 365 g/mol. The molecule has 2 aromatic heterocycles. The van der Waals surface area contributed by atoms with Crippen molar-refractivity contribution in [3.8, 4) is 11.6 Å². The molecule has 8 heteroatoms. The van der Waals surface area contributed by atoms with Crippen LogP contribution in [0.1, 0.15) is 12.7 Å². The molecular formula is C14H13BrN4O3. The van der Waals surface area contributed by atoms with Crippen molar-refractivity contribution in [3.63, 3.8) is 0 Å². The molecule has 114 valence electrons. The molecule has 0 spiro atoms. The Morgan fingerprint density at radius 3 is 2.68 bits per heavy atom. The monoisotopic (exact) mass is 364 g/mol. The Morgan fingerprint density at radius 1 is 1.32 bits per heavy atom. The van der Waals surface area contributed by atoms with E-state index in [2.05, 4.69) is 25.9 Å². The highest BCUT2D eigenvalue weighted by Crippen LogP contribution is 2.23. The quantitative estimate of drug-likeness (QED) is 0.646. The van der Waals surface area contributed by atoms with Gasteiger partial charge in [0.05, 0.1) is 6.54 Å². The Morgan fingerprint density at radius 2 is 2.05 bits per heavy atom. The molecule has 0 atom stereocenters.